The third-order valence-electron chi connectivity index (χ3n) is 1.37. The normalized spacial score (nSPS) is 11.0. The van der Waals surface area contributed by atoms with Crippen molar-refractivity contribution < 1.29 is 4.79 Å². The molecule has 0 saturated carbocycles. The van der Waals surface area contributed by atoms with Crippen LogP contribution < -0.4 is 11.5 Å². The van der Waals surface area contributed by atoms with Gasteiger partial charge in [-0.05, 0) is 6.42 Å². The van der Waals surface area contributed by atoms with Crippen molar-refractivity contribution >= 4 is 5.78 Å². The average Bonchev–Trinajstić information content (AvgIpc) is 1.82. The van der Waals surface area contributed by atoms with E-state index in [1.807, 2.05) is 13.8 Å². The summed E-state index contributed by atoms with van der Waals surface area (Å²) in [5, 5.41) is 0. The Balaban J connectivity index is 3.40. The maximum Gasteiger partial charge on any atom is 0.135 e. The fourth-order valence-electron chi connectivity index (χ4n) is 0.598. The fraction of sp³-hybridized carbons (Fsp3) is 0.857. The van der Waals surface area contributed by atoms with E-state index < -0.39 is 0 Å². The highest BCUT2D eigenvalue weighted by Gasteiger charge is 2.07. The summed E-state index contributed by atoms with van der Waals surface area (Å²) >= 11 is 0. The van der Waals surface area contributed by atoms with E-state index in [0.29, 0.717) is 12.8 Å². The van der Waals surface area contributed by atoms with Gasteiger partial charge in [-0.1, -0.05) is 13.8 Å². The first-order valence-electron chi connectivity index (χ1n) is 3.58. The van der Waals surface area contributed by atoms with Gasteiger partial charge < -0.3 is 11.5 Å². The Bertz CT molecular complexity index is 110. The van der Waals surface area contributed by atoms with Crippen molar-refractivity contribution in [3.63, 3.8) is 0 Å². The Kier molecular flexibility index (Phi) is 4.23. The van der Waals surface area contributed by atoms with Crippen LogP contribution in [-0.4, -0.2) is 11.9 Å². The molecule has 0 aliphatic heterocycles. The molecule has 0 rings (SSSR count). The minimum atomic E-state index is -0.345. The number of nitrogens with two attached hydrogens (primary N) is 2. The summed E-state index contributed by atoms with van der Waals surface area (Å²) < 4.78 is 0. The lowest BCUT2D eigenvalue weighted by molar-refractivity contribution is -0.122. The lowest BCUT2D eigenvalue weighted by atomic mass is 10.0. The minimum Gasteiger partial charge on any atom is -0.316 e. The zero-order chi connectivity index (χ0) is 8.15. The number of carbonyl (C=O) groups excluding carboxylic acids is 1. The SMILES string of the molecule is CC(C)C(=O)CCC(N)N. The number of hydrogen-bond acceptors (Lipinski definition) is 3. The highest BCUT2D eigenvalue weighted by molar-refractivity contribution is 5.80. The van der Waals surface area contributed by atoms with E-state index in [0.717, 1.165) is 0 Å². The molecular formula is C7H16N2O. The van der Waals surface area contributed by atoms with E-state index >= 15 is 0 Å². The third kappa shape index (κ3) is 4.47. The predicted molar refractivity (Wildman–Crippen MR) is 41.2 cm³/mol. The highest BCUT2D eigenvalue weighted by Crippen LogP contribution is 2.01. The average molecular weight is 144 g/mol. The lowest BCUT2D eigenvalue weighted by Gasteiger charge is -2.05. The summed E-state index contributed by atoms with van der Waals surface area (Å²) in [5.74, 6) is 0.347. The maximum atomic E-state index is 10.9. The first-order valence-corrected chi connectivity index (χ1v) is 3.58. The first kappa shape index (κ1) is 9.59. The van der Waals surface area contributed by atoms with Gasteiger partial charge in [-0.3, -0.25) is 4.79 Å². The zero-order valence-corrected chi connectivity index (χ0v) is 6.63. The van der Waals surface area contributed by atoms with E-state index in [9.17, 15) is 4.79 Å². The molecule has 0 unspecified atom stereocenters. The largest absolute Gasteiger partial charge is 0.316 e. The second kappa shape index (κ2) is 4.41. The molecule has 4 N–H and O–H groups in total. The Morgan fingerprint density at radius 3 is 2.20 bits per heavy atom. The van der Waals surface area contributed by atoms with Crippen LogP contribution in [0.2, 0.25) is 0 Å². The number of rotatable bonds is 4. The zero-order valence-electron chi connectivity index (χ0n) is 6.63. The van der Waals surface area contributed by atoms with Gasteiger partial charge in [-0.2, -0.15) is 0 Å². The van der Waals surface area contributed by atoms with Gasteiger partial charge in [0.05, 0.1) is 6.17 Å². The molecule has 3 heteroatoms. The lowest BCUT2D eigenvalue weighted by Crippen LogP contribution is -2.31. The topological polar surface area (TPSA) is 69.1 Å². The summed E-state index contributed by atoms with van der Waals surface area (Å²) in [5.41, 5.74) is 10.5. The van der Waals surface area contributed by atoms with E-state index in [-0.39, 0.29) is 17.9 Å². The molecule has 0 radical (unpaired) electrons. The quantitative estimate of drug-likeness (QED) is 0.555. The molecule has 3 nitrogen and oxygen atoms in total. The molecule has 0 heterocycles. The van der Waals surface area contributed by atoms with Crippen molar-refractivity contribution in [2.45, 2.75) is 32.9 Å². The van der Waals surface area contributed by atoms with Crippen molar-refractivity contribution in [3.05, 3.63) is 0 Å². The molecule has 0 aliphatic carbocycles. The molecule has 0 fully saturated rings. The molecule has 0 atom stereocenters. The van der Waals surface area contributed by atoms with Crippen molar-refractivity contribution in [2.24, 2.45) is 17.4 Å². The van der Waals surface area contributed by atoms with E-state index in [2.05, 4.69) is 0 Å². The summed E-state index contributed by atoms with van der Waals surface area (Å²) in [6.07, 6.45) is 0.759. The van der Waals surface area contributed by atoms with Crippen molar-refractivity contribution in [3.8, 4) is 0 Å². The Labute approximate surface area is 61.8 Å². The first-order chi connectivity index (χ1) is 4.54. The molecule has 0 bridgehead atoms. The van der Waals surface area contributed by atoms with Crippen LogP contribution in [0.4, 0.5) is 0 Å². The van der Waals surface area contributed by atoms with Crippen molar-refractivity contribution in [2.75, 3.05) is 0 Å². The van der Waals surface area contributed by atoms with Crippen LogP contribution in [0.25, 0.3) is 0 Å². The second-order valence-electron chi connectivity index (χ2n) is 2.82. The van der Waals surface area contributed by atoms with Crippen LogP contribution in [0.5, 0.6) is 0 Å². The standard InChI is InChI=1S/C7H16N2O/c1-5(2)6(10)3-4-7(8)9/h5,7H,3-4,8-9H2,1-2H3. The van der Waals surface area contributed by atoms with Crippen LogP contribution in [0.3, 0.4) is 0 Å². The number of hydrogen-bond donors (Lipinski definition) is 2. The molecule has 10 heavy (non-hydrogen) atoms. The molecule has 0 aromatic heterocycles. The Hall–Kier alpha value is -0.410. The predicted octanol–water partition coefficient (Wildman–Crippen LogP) is 0.235. The molecule has 0 aromatic carbocycles. The number of Topliss-reactive ketones (excluding diaryl/α,β-unsaturated/α-hetero) is 1. The summed E-state index contributed by atoms with van der Waals surface area (Å²) in [6, 6.07) is 0. The van der Waals surface area contributed by atoms with E-state index in [1.165, 1.54) is 0 Å². The van der Waals surface area contributed by atoms with Gasteiger partial charge in [0, 0.05) is 12.3 Å². The molecule has 0 spiro atoms. The minimum absolute atomic E-state index is 0.110. The summed E-state index contributed by atoms with van der Waals surface area (Å²) in [7, 11) is 0. The van der Waals surface area contributed by atoms with Crippen LogP contribution in [0.15, 0.2) is 0 Å². The fourth-order valence-corrected chi connectivity index (χ4v) is 0.598. The van der Waals surface area contributed by atoms with Gasteiger partial charge in [0.15, 0.2) is 0 Å². The van der Waals surface area contributed by atoms with Gasteiger partial charge >= 0.3 is 0 Å². The molecule has 60 valence electrons. The molecule has 0 amide bonds. The van der Waals surface area contributed by atoms with Crippen LogP contribution >= 0.6 is 0 Å². The molecular weight excluding hydrogens is 128 g/mol. The third-order valence-corrected chi connectivity index (χ3v) is 1.37. The highest BCUT2D eigenvalue weighted by atomic mass is 16.1. The van der Waals surface area contributed by atoms with E-state index in [4.69, 9.17) is 11.5 Å². The van der Waals surface area contributed by atoms with E-state index in [1.54, 1.807) is 0 Å². The van der Waals surface area contributed by atoms with Gasteiger partial charge in [0.25, 0.3) is 0 Å². The maximum absolute atomic E-state index is 10.9. The van der Waals surface area contributed by atoms with Gasteiger partial charge in [0.2, 0.25) is 0 Å². The van der Waals surface area contributed by atoms with Gasteiger partial charge in [-0.25, -0.2) is 0 Å². The summed E-state index contributed by atoms with van der Waals surface area (Å²) in [4.78, 5) is 10.9. The van der Waals surface area contributed by atoms with Crippen LogP contribution in [-0.2, 0) is 4.79 Å². The van der Waals surface area contributed by atoms with Crippen molar-refractivity contribution in [1.29, 1.82) is 0 Å². The van der Waals surface area contributed by atoms with Crippen molar-refractivity contribution in [1.82, 2.24) is 0 Å². The molecule has 0 aliphatic rings. The Morgan fingerprint density at radius 2 is 1.90 bits per heavy atom. The van der Waals surface area contributed by atoms with Crippen LogP contribution in [0, 0.1) is 5.92 Å². The second-order valence-corrected chi connectivity index (χ2v) is 2.82. The monoisotopic (exact) mass is 144 g/mol. The van der Waals surface area contributed by atoms with Crippen LogP contribution in [0.1, 0.15) is 26.7 Å². The number of carbonyl (C=O) groups is 1. The Morgan fingerprint density at radius 1 is 1.40 bits per heavy atom. The molecule has 0 aromatic rings. The van der Waals surface area contributed by atoms with Gasteiger partial charge in [0.1, 0.15) is 5.78 Å². The van der Waals surface area contributed by atoms with Gasteiger partial charge in [-0.15, -0.1) is 0 Å². The smallest absolute Gasteiger partial charge is 0.135 e. The number of ketones is 1. The molecule has 0 saturated heterocycles. The summed E-state index contributed by atoms with van der Waals surface area (Å²) in [6.45, 7) is 3.76.